The Balaban J connectivity index is 1.60. The van der Waals surface area contributed by atoms with Crippen LogP contribution in [0.2, 0.25) is 0 Å². The smallest absolute Gasteiger partial charge is 0.305 e. The molecule has 0 aliphatic carbocycles. The number of hydrogen-bond donors (Lipinski definition) is 2. The second kappa shape index (κ2) is 10.7. The Morgan fingerprint density at radius 1 is 1.10 bits per heavy atom. The van der Waals surface area contributed by atoms with Crippen LogP contribution in [-0.4, -0.2) is 45.2 Å². The molecule has 160 valence electrons. The molecule has 1 heterocycles. The third-order valence-electron chi connectivity index (χ3n) is 4.23. The number of thioether (sulfide) groups is 1. The number of ether oxygens (including phenoxy) is 1. The number of carboxylic acid groups (broad SMARTS) is 1. The lowest BCUT2D eigenvalue weighted by Crippen LogP contribution is -2.34. The van der Waals surface area contributed by atoms with E-state index in [1.54, 1.807) is 6.08 Å². The molecule has 9 heteroatoms. The van der Waals surface area contributed by atoms with E-state index in [0.717, 1.165) is 5.56 Å². The number of nitrogens with one attached hydrogen (secondary N) is 1. The molecular formula is C22H20N2O5S2. The summed E-state index contributed by atoms with van der Waals surface area (Å²) < 4.78 is 6.21. The predicted octanol–water partition coefficient (Wildman–Crippen LogP) is 3.66. The van der Waals surface area contributed by atoms with Gasteiger partial charge in [-0.1, -0.05) is 54.3 Å². The zero-order valence-corrected chi connectivity index (χ0v) is 18.1. The van der Waals surface area contributed by atoms with E-state index in [9.17, 15) is 14.4 Å². The maximum atomic E-state index is 12.7. The number of nitrogens with zero attached hydrogens (tertiary/aromatic N) is 1. The van der Waals surface area contributed by atoms with E-state index in [2.05, 4.69) is 5.32 Å². The molecule has 2 N–H and O–H groups in total. The number of rotatable bonds is 9. The van der Waals surface area contributed by atoms with Crippen LogP contribution in [0, 0.1) is 0 Å². The molecule has 0 aromatic heterocycles. The van der Waals surface area contributed by atoms with Gasteiger partial charge in [0.25, 0.3) is 5.91 Å². The Morgan fingerprint density at radius 2 is 1.84 bits per heavy atom. The highest BCUT2D eigenvalue weighted by molar-refractivity contribution is 8.26. The first-order valence-corrected chi connectivity index (χ1v) is 10.7. The normalized spacial score (nSPS) is 14.7. The van der Waals surface area contributed by atoms with Crippen molar-refractivity contribution in [2.75, 3.05) is 13.1 Å². The van der Waals surface area contributed by atoms with Gasteiger partial charge in [-0.2, -0.15) is 0 Å². The fourth-order valence-corrected chi connectivity index (χ4v) is 4.06. The van der Waals surface area contributed by atoms with Crippen LogP contribution in [0.15, 0.2) is 59.5 Å². The second-order valence-electron chi connectivity index (χ2n) is 6.56. The molecule has 0 radical (unpaired) electrons. The van der Waals surface area contributed by atoms with E-state index in [1.165, 1.54) is 16.7 Å². The van der Waals surface area contributed by atoms with Crippen molar-refractivity contribution in [1.82, 2.24) is 10.2 Å². The van der Waals surface area contributed by atoms with Crippen LogP contribution in [0.1, 0.15) is 18.4 Å². The summed E-state index contributed by atoms with van der Waals surface area (Å²) in [6, 6.07) is 16.8. The molecule has 2 aromatic carbocycles. The Morgan fingerprint density at radius 3 is 2.58 bits per heavy atom. The average Bonchev–Trinajstić information content (AvgIpc) is 3.00. The van der Waals surface area contributed by atoms with Crippen molar-refractivity contribution < 1.29 is 24.2 Å². The van der Waals surface area contributed by atoms with Crippen molar-refractivity contribution >= 4 is 52.2 Å². The van der Waals surface area contributed by atoms with Gasteiger partial charge in [0.05, 0.1) is 11.3 Å². The molecule has 2 amide bonds. The van der Waals surface area contributed by atoms with Gasteiger partial charge in [0.15, 0.2) is 0 Å². The zero-order valence-electron chi connectivity index (χ0n) is 16.4. The number of carbonyl (C=O) groups excluding carboxylic acids is 2. The lowest BCUT2D eigenvalue weighted by molar-refractivity contribution is -0.136. The largest absolute Gasteiger partial charge is 0.481 e. The summed E-state index contributed by atoms with van der Waals surface area (Å²) >= 11 is 6.47. The minimum absolute atomic E-state index is 0.0414. The van der Waals surface area contributed by atoms with Crippen LogP contribution in [0.4, 0.5) is 0 Å². The quantitative estimate of drug-likeness (QED) is 0.439. The standard InChI is InChI=1S/C22H20N2O5S2/c25-19(23-11-9-20(26)27)10-12-24-21(28)18(31-22(24)30)14-15-5-4-8-17(13-15)29-16-6-2-1-3-7-16/h1-8,13-14H,9-12H2,(H,23,25)(H,26,27)/b18-14-. The van der Waals surface area contributed by atoms with Gasteiger partial charge < -0.3 is 15.2 Å². The first-order valence-electron chi connectivity index (χ1n) is 9.49. The lowest BCUT2D eigenvalue weighted by atomic mass is 10.2. The van der Waals surface area contributed by atoms with Crippen LogP contribution in [0.5, 0.6) is 11.5 Å². The van der Waals surface area contributed by atoms with E-state index in [-0.39, 0.29) is 37.7 Å². The molecule has 3 rings (SSSR count). The van der Waals surface area contributed by atoms with Gasteiger partial charge in [-0.3, -0.25) is 19.3 Å². The SMILES string of the molecule is O=C(O)CCNC(=O)CCN1C(=O)/C(=C/c2cccc(Oc3ccccc3)c2)SC1=S. The van der Waals surface area contributed by atoms with E-state index in [1.807, 2.05) is 54.6 Å². The molecule has 1 fully saturated rings. The molecule has 1 aliphatic rings. The van der Waals surface area contributed by atoms with E-state index in [4.69, 9.17) is 22.1 Å². The maximum Gasteiger partial charge on any atom is 0.305 e. The van der Waals surface area contributed by atoms with Crippen LogP contribution in [0.3, 0.4) is 0 Å². The molecule has 1 saturated heterocycles. The topological polar surface area (TPSA) is 95.9 Å². The van der Waals surface area contributed by atoms with Gasteiger partial charge in [0.1, 0.15) is 15.8 Å². The van der Waals surface area contributed by atoms with Crippen LogP contribution in [0.25, 0.3) is 6.08 Å². The minimum atomic E-state index is -0.986. The van der Waals surface area contributed by atoms with Gasteiger partial charge >= 0.3 is 5.97 Å². The summed E-state index contributed by atoms with van der Waals surface area (Å²) in [4.78, 5) is 36.9. The molecule has 2 aromatic rings. The van der Waals surface area contributed by atoms with E-state index < -0.39 is 5.97 Å². The molecule has 0 unspecified atom stereocenters. The Hall–Kier alpha value is -3.17. The van der Waals surface area contributed by atoms with E-state index in [0.29, 0.717) is 20.7 Å². The summed E-state index contributed by atoms with van der Waals surface area (Å²) in [6.07, 6.45) is 1.63. The van der Waals surface area contributed by atoms with Gasteiger partial charge in [0, 0.05) is 19.5 Å². The van der Waals surface area contributed by atoms with Gasteiger partial charge in [-0.25, -0.2) is 0 Å². The fraction of sp³-hybridized carbons (Fsp3) is 0.182. The number of benzene rings is 2. The van der Waals surface area contributed by atoms with Gasteiger partial charge in [-0.15, -0.1) is 0 Å². The number of thiocarbonyl (C=S) groups is 1. The van der Waals surface area contributed by atoms with Gasteiger partial charge in [-0.05, 0) is 35.9 Å². The van der Waals surface area contributed by atoms with Gasteiger partial charge in [0.2, 0.25) is 5.91 Å². The number of carbonyl (C=O) groups is 3. The van der Waals surface area contributed by atoms with Crippen molar-refractivity contribution in [2.45, 2.75) is 12.8 Å². The summed E-state index contributed by atoms with van der Waals surface area (Å²) in [5.41, 5.74) is 0.792. The van der Waals surface area contributed by atoms with E-state index >= 15 is 0 Å². The first-order chi connectivity index (χ1) is 14.9. The summed E-state index contributed by atoms with van der Waals surface area (Å²) in [5.74, 6) is -0.213. The Labute approximate surface area is 189 Å². The third-order valence-corrected chi connectivity index (χ3v) is 5.61. The minimum Gasteiger partial charge on any atom is -0.481 e. The third kappa shape index (κ3) is 6.66. The predicted molar refractivity (Wildman–Crippen MR) is 123 cm³/mol. The van der Waals surface area contributed by atoms with Crippen molar-refractivity contribution in [1.29, 1.82) is 0 Å². The Bertz CT molecular complexity index is 1020. The van der Waals surface area contributed by atoms with Crippen molar-refractivity contribution in [2.24, 2.45) is 0 Å². The summed E-state index contributed by atoms with van der Waals surface area (Å²) in [5, 5.41) is 11.1. The molecule has 0 saturated carbocycles. The lowest BCUT2D eigenvalue weighted by Gasteiger charge is -2.13. The van der Waals surface area contributed by atoms with Crippen LogP contribution < -0.4 is 10.1 Å². The molecular weight excluding hydrogens is 436 g/mol. The van der Waals surface area contributed by atoms with Crippen molar-refractivity contribution in [3.63, 3.8) is 0 Å². The number of aliphatic carboxylic acids is 1. The highest BCUT2D eigenvalue weighted by Gasteiger charge is 2.32. The molecule has 7 nitrogen and oxygen atoms in total. The van der Waals surface area contributed by atoms with Crippen molar-refractivity contribution in [3.8, 4) is 11.5 Å². The molecule has 1 aliphatic heterocycles. The summed E-state index contributed by atoms with van der Waals surface area (Å²) in [6.45, 7) is 0.186. The summed E-state index contributed by atoms with van der Waals surface area (Å²) in [7, 11) is 0. The number of carboxylic acids is 1. The van der Waals surface area contributed by atoms with Crippen LogP contribution >= 0.6 is 24.0 Å². The molecule has 0 atom stereocenters. The number of hydrogen-bond acceptors (Lipinski definition) is 6. The Kier molecular flexibility index (Phi) is 7.80. The average molecular weight is 457 g/mol. The maximum absolute atomic E-state index is 12.7. The first kappa shape index (κ1) is 22.5. The number of para-hydroxylation sites is 1. The molecule has 31 heavy (non-hydrogen) atoms. The highest BCUT2D eigenvalue weighted by atomic mass is 32.2. The van der Waals surface area contributed by atoms with Crippen molar-refractivity contribution in [3.05, 3.63) is 65.1 Å². The highest BCUT2D eigenvalue weighted by Crippen LogP contribution is 2.33. The second-order valence-corrected chi connectivity index (χ2v) is 8.24. The fourth-order valence-electron chi connectivity index (χ4n) is 2.75. The number of amides is 2. The zero-order chi connectivity index (χ0) is 22.2. The molecule has 0 bridgehead atoms. The van der Waals surface area contributed by atoms with Crippen LogP contribution in [-0.2, 0) is 14.4 Å². The monoisotopic (exact) mass is 456 g/mol. The molecule has 0 spiro atoms.